The number of hydrogen-bond donors (Lipinski definition) is 3. The second-order valence-corrected chi connectivity index (χ2v) is 2.93. The first-order valence-electron chi connectivity index (χ1n) is 4.50. The van der Waals surface area contributed by atoms with Crippen LogP contribution in [0.1, 0.15) is 0 Å². The molecular weight excluding hydrogens is 200 g/mol. The molecule has 1 aromatic heterocycles. The molecule has 84 valence electrons. The molecule has 0 unspecified atom stereocenters. The van der Waals surface area contributed by atoms with Crippen LogP contribution in [-0.4, -0.2) is 41.5 Å². The quantitative estimate of drug-likeness (QED) is 0.389. The molecule has 0 aliphatic carbocycles. The second-order valence-electron chi connectivity index (χ2n) is 2.93. The molecule has 1 heterocycles. The van der Waals surface area contributed by atoms with Crippen LogP contribution < -0.4 is 15.4 Å². The molecule has 0 aromatic carbocycles. The molecule has 7 nitrogen and oxygen atoms in total. The molecular formula is C8H14N4O3. The third-order valence-electron chi connectivity index (χ3n) is 1.88. The van der Waals surface area contributed by atoms with Crippen molar-refractivity contribution in [2.75, 3.05) is 36.9 Å². The Kier molecular flexibility index (Phi) is 4.07. The van der Waals surface area contributed by atoms with E-state index in [1.807, 2.05) is 0 Å². The Hall–Kier alpha value is -1.60. The Labute approximate surface area is 87.0 Å². The highest BCUT2D eigenvalue weighted by Gasteiger charge is 2.09. The van der Waals surface area contributed by atoms with Crippen molar-refractivity contribution < 1.29 is 14.9 Å². The molecule has 0 bridgehead atoms. The number of aromatic nitrogens is 2. The lowest BCUT2D eigenvalue weighted by molar-refractivity contribution is -0.589. The minimum atomic E-state index is -0.0785. The molecule has 0 fully saturated rings. The maximum absolute atomic E-state index is 11.2. The van der Waals surface area contributed by atoms with E-state index in [1.165, 1.54) is 12.4 Å². The Morgan fingerprint density at radius 2 is 2.00 bits per heavy atom. The lowest BCUT2D eigenvalue weighted by atomic mass is 10.4. The van der Waals surface area contributed by atoms with Gasteiger partial charge in [-0.15, -0.1) is 0 Å². The third-order valence-corrected chi connectivity index (χ3v) is 1.88. The Balaban J connectivity index is 2.85. The zero-order valence-electron chi connectivity index (χ0n) is 8.20. The summed E-state index contributed by atoms with van der Waals surface area (Å²) in [4.78, 5) is 5.53. The topological polar surface area (TPSA) is 110 Å². The lowest BCUT2D eigenvalue weighted by Gasteiger charge is -2.21. The van der Waals surface area contributed by atoms with Crippen molar-refractivity contribution in [1.82, 2.24) is 4.98 Å². The van der Waals surface area contributed by atoms with Gasteiger partial charge in [-0.05, 0) is 0 Å². The SMILES string of the molecule is Nc1cnc(N(CCO)CCO)c[n+]1[O-]. The average molecular weight is 214 g/mol. The summed E-state index contributed by atoms with van der Waals surface area (Å²) in [5, 5.41) is 28.7. The maximum Gasteiger partial charge on any atom is 0.294 e. The van der Waals surface area contributed by atoms with Gasteiger partial charge in [0.05, 0.1) is 13.2 Å². The molecule has 0 amide bonds. The minimum absolute atomic E-state index is 0.00620. The summed E-state index contributed by atoms with van der Waals surface area (Å²) in [6.45, 7) is 0.449. The van der Waals surface area contributed by atoms with Gasteiger partial charge in [0.25, 0.3) is 5.82 Å². The number of nitrogens with zero attached hydrogens (tertiary/aromatic N) is 3. The number of nitrogen functional groups attached to an aromatic ring is 1. The first kappa shape index (κ1) is 11.5. The molecule has 1 rings (SSSR count). The minimum Gasteiger partial charge on any atom is -0.710 e. The summed E-state index contributed by atoms with van der Waals surface area (Å²) in [7, 11) is 0. The number of nitrogens with two attached hydrogens (primary N) is 1. The van der Waals surface area contributed by atoms with E-state index in [-0.39, 0.29) is 19.0 Å². The van der Waals surface area contributed by atoms with E-state index < -0.39 is 0 Å². The van der Waals surface area contributed by atoms with E-state index in [2.05, 4.69) is 4.98 Å². The number of aliphatic hydroxyl groups is 2. The van der Waals surface area contributed by atoms with Gasteiger partial charge in [-0.1, -0.05) is 0 Å². The molecule has 0 aliphatic heterocycles. The van der Waals surface area contributed by atoms with Gasteiger partial charge in [0.15, 0.2) is 5.82 Å². The highest BCUT2D eigenvalue weighted by molar-refractivity contribution is 5.36. The van der Waals surface area contributed by atoms with Crippen molar-refractivity contribution >= 4 is 11.6 Å². The van der Waals surface area contributed by atoms with E-state index in [0.717, 1.165) is 0 Å². The smallest absolute Gasteiger partial charge is 0.294 e. The van der Waals surface area contributed by atoms with E-state index in [9.17, 15) is 5.21 Å². The van der Waals surface area contributed by atoms with Gasteiger partial charge in [-0.3, -0.25) is 5.73 Å². The Bertz CT molecular complexity index is 315. The van der Waals surface area contributed by atoms with Crippen LogP contribution in [0.15, 0.2) is 12.4 Å². The van der Waals surface area contributed by atoms with Crippen LogP contribution in [-0.2, 0) is 0 Å². The summed E-state index contributed by atoms with van der Waals surface area (Å²) < 4.78 is 0.490. The average Bonchev–Trinajstić information content (AvgIpc) is 2.22. The predicted octanol–water partition coefficient (Wildman–Crippen LogP) is -1.91. The molecule has 15 heavy (non-hydrogen) atoms. The monoisotopic (exact) mass is 214 g/mol. The van der Waals surface area contributed by atoms with Gasteiger partial charge < -0.3 is 20.3 Å². The molecule has 7 heteroatoms. The van der Waals surface area contributed by atoms with Gasteiger partial charge in [-0.2, -0.15) is 0 Å². The van der Waals surface area contributed by atoms with Gasteiger partial charge >= 0.3 is 0 Å². The first-order chi connectivity index (χ1) is 7.19. The fourth-order valence-electron chi connectivity index (χ4n) is 1.15. The van der Waals surface area contributed by atoms with Gasteiger partial charge in [-0.25, -0.2) is 9.71 Å². The largest absolute Gasteiger partial charge is 0.710 e. The molecule has 0 spiro atoms. The van der Waals surface area contributed by atoms with Crippen LogP contribution in [0.4, 0.5) is 11.6 Å². The van der Waals surface area contributed by atoms with Crippen LogP contribution in [0.5, 0.6) is 0 Å². The zero-order chi connectivity index (χ0) is 11.3. The highest BCUT2D eigenvalue weighted by atomic mass is 16.5. The molecule has 0 radical (unpaired) electrons. The Morgan fingerprint density at radius 3 is 2.47 bits per heavy atom. The molecule has 0 aliphatic rings. The molecule has 0 saturated carbocycles. The summed E-state index contributed by atoms with van der Waals surface area (Å²) in [6, 6.07) is 0. The van der Waals surface area contributed by atoms with Crippen LogP contribution in [0.25, 0.3) is 0 Å². The summed E-state index contributed by atoms with van der Waals surface area (Å²) in [6.07, 6.45) is 2.45. The number of rotatable bonds is 5. The fourth-order valence-corrected chi connectivity index (χ4v) is 1.15. The first-order valence-corrected chi connectivity index (χ1v) is 4.50. The van der Waals surface area contributed by atoms with E-state index >= 15 is 0 Å². The van der Waals surface area contributed by atoms with E-state index in [0.29, 0.717) is 23.6 Å². The second kappa shape index (κ2) is 5.32. The molecule has 4 N–H and O–H groups in total. The summed E-state index contributed by atoms with van der Waals surface area (Å²) in [5.41, 5.74) is 5.31. The van der Waals surface area contributed by atoms with E-state index in [4.69, 9.17) is 15.9 Å². The van der Waals surface area contributed by atoms with Gasteiger partial charge in [0.1, 0.15) is 12.4 Å². The van der Waals surface area contributed by atoms with Crippen molar-refractivity contribution in [3.63, 3.8) is 0 Å². The Morgan fingerprint density at radius 1 is 1.40 bits per heavy atom. The highest BCUT2D eigenvalue weighted by Crippen LogP contribution is 2.07. The van der Waals surface area contributed by atoms with E-state index in [1.54, 1.807) is 4.90 Å². The van der Waals surface area contributed by atoms with Gasteiger partial charge in [0.2, 0.25) is 0 Å². The van der Waals surface area contributed by atoms with Crippen molar-refractivity contribution in [2.24, 2.45) is 0 Å². The normalized spacial score (nSPS) is 10.3. The fraction of sp³-hybridized carbons (Fsp3) is 0.500. The van der Waals surface area contributed by atoms with Crippen LogP contribution in [0, 0.1) is 5.21 Å². The van der Waals surface area contributed by atoms with Crippen LogP contribution in [0.3, 0.4) is 0 Å². The van der Waals surface area contributed by atoms with Crippen molar-refractivity contribution in [3.8, 4) is 0 Å². The van der Waals surface area contributed by atoms with Crippen LogP contribution in [0.2, 0.25) is 0 Å². The lowest BCUT2D eigenvalue weighted by Crippen LogP contribution is -2.36. The van der Waals surface area contributed by atoms with Crippen LogP contribution >= 0.6 is 0 Å². The molecule has 1 aromatic rings. The predicted molar refractivity (Wildman–Crippen MR) is 54.0 cm³/mol. The van der Waals surface area contributed by atoms with Crippen molar-refractivity contribution in [2.45, 2.75) is 0 Å². The van der Waals surface area contributed by atoms with Crippen molar-refractivity contribution in [1.29, 1.82) is 0 Å². The number of anilines is 2. The molecule has 0 atom stereocenters. The summed E-state index contributed by atoms with van der Waals surface area (Å²) in [5.74, 6) is 0.383. The number of aliphatic hydroxyl groups excluding tert-OH is 2. The van der Waals surface area contributed by atoms with Crippen molar-refractivity contribution in [3.05, 3.63) is 17.6 Å². The zero-order valence-corrected chi connectivity index (χ0v) is 8.20. The standard InChI is InChI=1S/C8H14N4O3/c9-7-5-10-8(6-12(7)15)11(1-3-13)2-4-14/h5-6,13-14H,1-4,9H2. The van der Waals surface area contributed by atoms with Gasteiger partial charge in [0, 0.05) is 13.1 Å². The maximum atomic E-state index is 11.2. The third kappa shape index (κ3) is 2.93. The molecule has 0 saturated heterocycles. The summed E-state index contributed by atoms with van der Waals surface area (Å²) >= 11 is 0. The number of hydrogen-bond acceptors (Lipinski definition) is 6.